The molecule has 4 N–H and O–H groups in total. The molecule has 0 bridgehead atoms. The molecule has 2 aromatic carbocycles. The summed E-state index contributed by atoms with van der Waals surface area (Å²) in [5, 5.41) is 19.0. The van der Waals surface area contributed by atoms with E-state index >= 15 is 0 Å². The fraction of sp³-hybridized carbons (Fsp3) is 0.391. The number of fused-ring (bicyclic) bond motifs is 1. The van der Waals surface area contributed by atoms with E-state index in [1.54, 1.807) is 0 Å². The molecule has 0 saturated heterocycles. The van der Waals surface area contributed by atoms with Gasteiger partial charge in [-0.25, -0.2) is 0 Å². The van der Waals surface area contributed by atoms with Crippen molar-refractivity contribution in [1.29, 1.82) is 0 Å². The average molecular weight is 412 g/mol. The molecule has 7 nitrogen and oxygen atoms in total. The number of aliphatic hydroxyl groups is 1. The fourth-order valence-electron chi connectivity index (χ4n) is 3.42. The topological polar surface area (TPSA) is 99.7 Å². The van der Waals surface area contributed by atoms with Gasteiger partial charge in [0.1, 0.15) is 18.5 Å². The van der Waals surface area contributed by atoms with Crippen molar-refractivity contribution in [2.45, 2.75) is 38.7 Å². The van der Waals surface area contributed by atoms with Crippen molar-refractivity contribution in [3.63, 3.8) is 0 Å². The lowest BCUT2D eigenvalue weighted by atomic mass is 10.0. The van der Waals surface area contributed by atoms with E-state index in [0.717, 1.165) is 36.3 Å². The van der Waals surface area contributed by atoms with Crippen molar-refractivity contribution >= 4 is 23.2 Å². The summed E-state index contributed by atoms with van der Waals surface area (Å²) in [4.78, 5) is 22.5. The first-order valence-corrected chi connectivity index (χ1v) is 10.3. The van der Waals surface area contributed by atoms with Crippen LogP contribution in [0.25, 0.3) is 0 Å². The molecule has 0 aliphatic carbocycles. The molecular weight excluding hydrogens is 382 g/mol. The molecule has 0 radical (unpaired) electrons. The Labute approximate surface area is 176 Å². The van der Waals surface area contributed by atoms with Gasteiger partial charge in [-0.1, -0.05) is 18.2 Å². The standard InChI is InChI=1S/C23H29N3O4/c1-16(27)25-18-9-7-17(8-10-18)4-3-13-24-14-19(28)15-30-22-6-2-5-21-20(22)11-12-23(29)26-21/h2,5-10,19,24,28H,3-4,11-15H2,1H3,(H,25,27)(H,26,29). The van der Waals surface area contributed by atoms with Crippen LogP contribution in [0.3, 0.4) is 0 Å². The maximum Gasteiger partial charge on any atom is 0.224 e. The number of anilines is 2. The Morgan fingerprint density at radius 2 is 2.00 bits per heavy atom. The summed E-state index contributed by atoms with van der Waals surface area (Å²) < 4.78 is 5.80. The van der Waals surface area contributed by atoms with Crippen molar-refractivity contribution in [2.24, 2.45) is 0 Å². The number of benzene rings is 2. The number of hydrogen-bond donors (Lipinski definition) is 4. The number of hydrogen-bond acceptors (Lipinski definition) is 5. The molecular formula is C23H29N3O4. The number of carbonyl (C=O) groups is 2. The minimum absolute atomic E-state index is 0.0209. The molecule has 160 valence electrons. The Bertz CT molecular complexity index is 867. The van der Waals surface area contributed by atoms with Gasteiger partial charge in [-0.2, -0.15) is 0 Å². The molecule has 0 aromatic heterocycles. The maximum atomic E-state index is 11.5. The number of amides is 2. The molecule has 2 amide bonds. The molecule has 1 unspecified atom stereocenters. The Balaban J connectivity index is 1.33. The second kappa shape index (κ2) is 10.8. The van der Waals surface area contributed by atoms with Crippen molar-refractivity contribution in [1.82, 2.24) is 5.32 Å². The Morgan fingerprint density at radius 1 is 1.20 bits per heavy atom. The number of nitrogens with one attached hydrogen (secondary N) is 3. The minimum Gasteiger partial charge on any atom is -0.490 e. The number of aliphatic hydroxyl groups excluding tert-OH is 1. The summed E-state index contributed by atoms with van der Waals surface area (Å²) >= 11 is 0. The van der Waals surface area contributed by atoms with Crippen LogP contribution in [0.4, 0.5) is 11.4 Å². The van der Waals surface area contributed by atoms with Gasteiger partial charge in [0.25, 0.3) is 0 Å². The second-order valence-electron chi connectivity index (χ2n) is 7.48. The van der Waals surface area contributed by atoms with Gasteiger partial charge in [-0.05, 0) is 55.6 Å². The predicted octanol–water partition coefficient (Wildman–Crippen LogP) is 2.49. The molecule has 0 fully saturated rings. The second-order valence-corrected chi connectivity index (χ2v) is 7.48. The summed E-state index contributed by atoms with van der Waals surface area (Å²) in [6, 6.07) is 13.4. The zero-order valence-electron chi connectivity index (χ0n) is 17.2. The van der Waals surface area contributed by atoms with Crippen LogP contribution >= 0.6 is 0 Å². The largest absolute Gasteiger partial charge is 0.490 e. The van der Waals surface area contributed by atoms with Gasteiger partial charge in [0.05, 0.1) is 0 Å². The molecule has 2 aromatic rings. The summed E-state index contributed by atoms with van der Waals surface area (Å²) in [5.74, 6) is 0.662. The van der Waals surface area contributed by atoms with E-state index in [4.69, 9.17) is 4.74 Å². The van der Waals surface area contributed by atoms with Crippen LogP contribution in [0.5, 0.6) is 5.75 Å². The van der Waals surface area contributed by atoms with Crippen molar-refractivity contribution in [3.8, 4) is 5.75 Å². The van der Waals surface area contributed by atoms with Gasteiger partial charge in [0, 0.05) is 36.8 Å². The average Bonchev–Trinajstić information content (AvgIpc) is 2.72. The van der Waals surface area contributed by atoms with E-state index in [1.807, 2.05) is 42.5 Å². The van der Waals surface area contributed by atoms with Gasteiger partial charge in [-0.15, -0.1) is 0 Å². The SMILES string of the molecule is CC(=O)Nc1ccc(CCCNCC(O)COc2cccc3c2CCC(=O)N3)cc1. The molecule has 3 rings (SSSR count). The molecule has 1 heterocycles. The highest BCUT2D eigenvalue weighted by atomic mass is 16.5. The third-order valence-corrected chi connectivity index (χ3v) is 4.91. The molecule has 0 saturated carbocycles. The molecule has 1 aliphatic rings. The number of ether oxygens (including phenoxy) is 1. The highest BCUT2D eigenvalue weighted by Gasteiger charge is 2.18. The number of aryl methyl sites for hydroxylation is 1. The highest BCUT2D eigenvalue weighted by Crippen LogP contribution is 2.31. The van der Waals surface area contributed by atoms with Crippen molar-refractivity contribution in [2.75, 3.05) is 30.3 Å². The molecule has 1 atom stereocenters. The zero-order valence-corrected chi connectivity index (χ0v) is 17.2. The quantitative estimate of drug-likeness (QED) is 0.450. The van der Waals surface area contributed by atoms with Crippen LogP contribution in [0.2, 0.25) is 0 Å². The lowest BCUT2D eigenvalue weighted by Gasteiger charge is -2.21. The van der Waals surface area contributed by atoms with Gasteiger partial charge < -0.3 is 25.8 Å². The first-order valence-electron chi connectivity index (χ1n) is 10.3. The van der Waals surface area contributed by atoms with Gasteiger partial charge in [0.2, 0.25) is 11.8 Å². The summed E-state index contributed by atoms with van der Waals surface area (Å²) in [6.07, 6.45) is 2.35. The molecule has 7 heteroatoms. The lowest BCUT2D eigenvalue weighted by molar-refractivity contribution is -0.116. The third kappa shape index (κ3) is 6.57. The first-order chi connectivity index (χ1) is 14.5. The Morgan fingerprint density at radius 3 is 2.77 bits per heavy atom. The van der Waals surface area contributed by atoms with Crippen LogP contribution in [0.15, 0.2) is 42.5 Å². The van der Waals surface area contributed by atoms with Crippen molar-refractivity contribution < 1.29 is 19.4 Å². The van der Waals surface area contributed by atoms with E-state index in [2.05, 4.69) is 16.0 Å². The van der Waals surface area contributed by atoms with Gasteiger partial charge in [-0.3, -0.25) is 9.59 Å². The zero-order chi connectivity index (χ0) is 21.3. The van der Waals surface area contributed by atoms with E-state index in [0.29, 0.717) is 25.1 Å². The fourth-order valence-corrected chi connectivity index (χ4v) is 3.42. The van der Waals surface area contributed by atoms with Crippen molar-refractivity contribution in [3.05, 3.63) is 53.6 Å². The third-order valence-electron chi connectivity index (χ3n) is 4.91. The van der Waals surface area contributed by atoms with E-state index < -0.39 is 6.10 Å². The molecule has 0 spiro atoms. The minimum atomic E-state index is -0.615. The smallest absolute Gasteiger partial charge is 0.224 e. The maximum absolute atomic E-state index is 11.5. The first kappa shape index (κ1) is 21.8. The van der Waals surface area contributed by atoms with Gasteiger partial charge in [0.15, 0.2) is 0 Å². The monoisotopic (exact) mass is 411 g/mol. The predicted molar refractivity (Wildman–Crippen MR) is 117 cm³/mol. The van der Waals surface area contributed by atoms with Crippen LogP contribution in [-0.4, -0.2) is 42.7 Å². The van der Waals surface area contributed by atoms with Gasteiger partial charge >= 0.3 is 0 Å². The lowest BCUT2D eigenvalue weighted by Crippen LogP contribution is -2.32. The highest BCUT2D eigenvalue weighted by molar-refractivity contribution is 5.94. The van der Waals surface area contributed by atoms with E-state index in [1.165, 1.54) is 12.5 Å². The molecule has 1 aliphatic heterocycles. The van der Waals surface area contributed by atoms with Crippen LogP contribution < -0.4 is 20.7 Å². The van der Waals surface area contributed by atoms with E-state index in [-0.39, 0.29) is 18.4 Å². The van der Waals surface area contributed by atoms with Crippen LogP contribution in [0, 0.1) is 0 Å². The summed E-state index contributed by atoms with van der Waals surface area (Å²) in [5.41, 5.74) is 3.79. The van der Waals surface area contributed by atoms with Crippen LogP contribution in [0.1, 0.15) is 30.9 Å². The number of carbonyl (C=O) groups excluding carboxylic acids is 2. The van der Waals surface area contributed by atoms with E-state index in [9.17, 15) is 14.7 Å². The normalized spacial score (nSPS) is 13.9. The molecule has 30 heavy (non-hydrogen) atoms. The Hall–Kier alpha value is -2.90. The van der Waals surface area contributed by atoms with Crippen LogP contribution in [-0.2, 0) is 22.4 Å². The number of rotatable bonds is 10. The summed E-state index contributed by atoms with van der Waals surface area (Å²) in [6.45, 7) is 2.93. The Kier molecular flexibility index (Phi) is 7.82. The summed E-state index contributed by atoms with van der Waals surface area (Å²) in [7, 11) is 0.